The molecule has 0 amide bonds. The molecule has 250 valence electrons. The molecule has 44 heavy (non-hydrogen) atoms. The quantitative estimate of drug-likeness (QED) is 0.209. The Morgan fingerprint density at radius 1 is 0.818 bits per heavy atom. The van der Waals surface area contributed by atoms with Crippen molar-refractivity contribution >= 4 is 5.71 Å². The second-order valence-corrected chi connectivity index (χ2v) is 15.7. The first kappa shape index (κ1) is 31.7. The van der Waals surface area contributed by atoms with E-state index in [1.165, 1.54) is 6.42 Å². The fraction of sp³-hybridized carbons (Fsp3) is 0.971. The molecule has 6 aliphatic heterocycles. The molecule has 16 atom stereocenters. The normalized spacial score (nSPS) is 55.4. The molecule has 2 saturated carbocycles. The van der Waals surface area contributed by atoms with Gasteiger partial charge in [0.2, 0.25) is 5.79 Å². The van der Waals surface area contributed by atoms with Crippen molar-refractivity contribution in [3.63, 3.8) is 0 Å². The average molecular weight is 621 g/mol. The van der Waals surface area contributed by atoms with E-state index in [0.29, 0.717) is 30.7 Å². The third kappa shape index (κ3) is 4.67. The monoisotopic (exact) mass is 620 g/mol. The number of hydrogen-bond donors (Lipinski definition) is 2. The standard InChI is InChI=1S/C34H56N2O8/c1-8-35-36-27(29-22(6)26-13-10-18(2)23-14-11-20(4)38-30(40-29)33(23,26)42-37)17-28-21(5)25-12-9-19(3)24-15-16-32(7)41-31(39-28)34(24,25)44-43-32/h18-26,28-31,35,37H,8-17H2,1-7H3/b36-27-/t18-,19-,20+,21-,22-,23+,24+,25+,26+,28-,29+,30+,31-,32+,33-,34-/m1/s1. The molecular formula is C34H56N2O8. The lowest BCUT2D eigenvalue weighted by Gasteiger charge is -2.61. The van der Waals surface area contributed by atoms with Crippen LogP contribution in [0.15, 0.2) is 5.10 Å². The lowest BCUT2D eigenvalue weighted by molar-refractivity contribution is -0.570. The molecule has 10 nitrogen and oxygen atoms in total. The smallest absolute Gasteiger partial charge is 0.201 e. The Bertz CT molecular complexity index is 1090. The molecule has 8 fully saturated rings. The van der Waals surface area contributed by atoms with Crippen molar-refractivity contribution in [2.24, 2.45) is 52.4 Å². The number of ether oxygens (including phenoxy) is 4. The first-order valence-corrected chi connectivity index (χ1v) is 17.7. The molecule has 2 aliphatic carbocycles. The molecule has 2 N–H and O–H groups in total. The zero-order valence-electron chi connectivity index (χ0n) is 27.8. The number of nitrogens with one attached hydrogen (secondary N) is 1. The van der Waals surface area contributed by atoms with Crippen molar-refractivity contribution < 1.29 is 38.9 Å². The summed E-state index contributed by atoms with van der Waals surface area (Å²) in [6.45, 7) is 16.0. The van der Waals surface area contributed by atoms with Crippen LogP contribution in [0.1, 0.15) is 106 Å². The highest BCUT2D eigenvalue weighted by atomic mass is 17.3. The van der Waals surface area contributed by atoms with Crippen LogP contribution < -0.4 is 5.43 Å². The zero-order valence-corrected chi connectivity index (χ0v) is 27.8. The molecule has 6 saturated heterocycles. The van der Waals surface area contributed by atoms with Gasteiger partial charge in [-0.15, -0.1) is 0 Å². The minimum atomic E-state index is -0.878. The van der Waals surface area contributed by atoms with Gasteiger partial charge in [-0.25, -0.2) is 14.7 Å². The Kier molecular flexibility index (Phi) is 8.43. The van der Waals surface area contributed by atoms with Gasteiger partial charge in [0, 0.05) is 31.2 Å². The molecule has 1 spiro atoms. The SMILES string of the molecule is CCN/N=C(/C[C@H]1O[C@@H]2O[C@]3(C)CC[C@H]4[C@H](C)CC[C@@H]([C@H]1C)[C@@]24OO3)[C@H]1O[C@@H]2O[C@@H](C)CC[C@H]3[C@H](C)CC[C@@H]([C@H]1C)[C@@]23OO. The van der Waals surface area contributed by atoms with Gasteiger partial charge in [0.25, 0.3) is 0 Å². The van der Waals surface area contributed by atoms with Crippen molar-refractivity contribution in [2.75, 3.05) is 6.54 Å². The summed E-state index contributed by atoms with van der Waals surface area (Å²) >= 11 is 0. The maximum atomic E-state index is 10.6. The van der Waals surface area contributed by atoms with Gasteiger partial charge in [0.15, 0.2) is 23.8 Å². The van der Waals surface area contributed by atoms with Gasteiger partial charge in [-0.3, -0.25) is 5.26 Å². The Labute approximate surface area is 263 Å². The van der Waals surface area contributed by atoms with E-state index in [1.807, 2.05) is 6.92 Å². The summed E-state index contributed by atoms with van der Waals surface area (Å²) < 4.78 is 27.2. The number of nitrogens with zero attached hydrogens (tertiary/aromatic N) is 1. The second kappa shape index (κ2) is 11.7. The van der Waals surface area contributed by atoms with Gasteiger partial charge >= 0.3 is 0 Å². The Hall–Kier alpha value is -0.850. The molecule has 8 aliphatic rings. The molecule has 0 aromatic heterocycles. The van der Waals surface area contributed by atoms with Gasteiger partial charge in [0.1, 0.15) is 6.10 Å². The van der Waals surface area contributed by atoms with Crippen LogP contribution in [-0.2, 0) is 33.6 Å². The molecule has 6 heterocycles. The molecule has 0 aromatic rings. The van der Waals surface area contributed by atoms with E-state index < -0.39 is 29.6 Å². The summed E-state index contributed by atoms with van der Waals surface area (Å²) in [6, 6.07) is 0. The van der Waals surface area contributed by atoms with E-state index in [1.54, 1.807) is 0 Å². The van der Waals surface area contributed by atoms with Crippen molar-refractivity contribution in [3.8, 4) is 0 Å². The van der Waals surface area contributed by atoms with Gasteiger partial charge in [-0.1, -0.05) is 27.7 Å². The Balaban J connectivity index is 1.20. The molecule has 0 aromatic carbocycles. The summed E-state index contributed by atoms with van der Waals surface area (Å²) in [5.74, 6) is 1.24. The summed E-state index contributed by atoms with van der Waals surface area (Å²) in [6.07, 6.45) is 7.00. The third-order valence-electron chi connectivity index (χ3n) is 13.3. The maximum Gasteiger partial charge on any atom is 0.201 e. The summed E-state index contributed by atoms with van der Waals surface area (Å²) in [5, 5.41) is 15.6. The van der Waals surface area contributed by atoms with Gasteiger partial charge in [-0.2, -0.15) is 5.10 Å². The van der Waals surface area contributed by atoms with Crippen LogP contribution in [0.25, 0.3) is 0 Å². The van der Waals surface area contributed by atoms with Crippen molar-refractivity contribution in [3.05, 3.63) is 0 Å². The predicted octanol–water partition coefficient (Wildman–Crippen LogP) is 6.04. The minimum absolute atomic E-state index is 0.0135. The summed E-state index contributed by atoms with van der Waals surface area (Å²) in [7, 11) is 0. The molecule has 0 radical (unpaired) electrons. The molecule has 10 heteroatoms. The molecule has 0 unspecified atom stereocenters. The number of hydrazone groups is 1. The number of hydrogen-bond acceptors (Lipinski definition) is 10. The van der Waals surface area contributed by atoms with Crippen LogP contribution in [0.5, 0.6) is 0 Å². The van der Waals surface area contributed by atoms with E-state index in [4.69, 9.17) is 38.7 Å². The lowest BCUT2D eigenvalue weighted by Crippen LogP contribution is -2.70. The zero-order chi connectivity index (χ0) is 31.0. The highest BCUT2D eigenvalue weighted by Gasteiger charge is 2.70. The van der Waals surface area contributed by atoms with Gasteiger partial charge in [0.05, 0.1) is 17.9 Å². The third-order valence-corrected chi connectivity index (χ3v) is 13.3. The number of fused-ring (bicyclic) bond motifs is 2. The topological polar surface area (TPSA) is 109 Å². The van der Waals surface area contributed by atoms with Crippen LogP contribution in [-0.4, -0.2) is 65.4 Å². The highest BCUT2D eigenvalue weighted by Crippen LogP contribution is 2.61. The van der Waals surface area contributed by atoms with Crippen LogP contribution in [0.3, 0.4) is 0 Å². The predicted molar refractivity (Wildman–Crippen MR) is 162 cm³/mol. The van der Waals surface area contributed by atoms with E-state index in [2.05, 4.69) is 47.0 Å². The largest absolute Gasteiger partial charge is 0.347 e. The Morgan fingerprint density at radius 3 is 2.30 bits per heavy atom. The number of rotatable bonds is 6. The van der Waals surface area contributed by atoms with Crippen molar-refractivity contribution in [2.45, 2.75) is 154 Å². The first-order valence-electron chi connectivity index (χ1n) is 17.7. The van der Waals surface area contributed by atoms with E-state index in [-0.39, 0.29) is 47.9 Å². The molecular weight excluding hydrogens is 564 g/mol. The van der Waals surface area contributed by atoms with Gasteiger partial charge < -0.3 is 24.4 Å². The second-order valence-electron chi connectivity index (χ2n) is 15.7. The fourth-order valence-electron chi connectivity index (χ4n) is 10.9. The van der Waals surface area contributed by atoms with Crippen molar-refractivity contribution in [1.29, 1.82) is 0 Å². The van der Waals surface area contributed by atoms with Gasteiger partial charge in [-0.05, 0) is 101 Å². The highest BCUT2D eigenvalue weighted by molar-refractivity contribution is 5.89. The molecule has 8 rings (SSSR count). The van der Waals surface area contributed by atoms with Crippen LogP contribution in [0.4, 0.5) is 0 Å². The average Bonchev–Trinajstić information content (AvgIpc) is 3.32. The Morgan fingerprint density at radius 2 is 1.55 bits per heavy atom. The molecule has 2 bridgehead atoms. The van der Waals surface area contributed by atoms with Crippen LogP contribution >= 0.6 is 0 Å². The van der Waals surface area contributed by atoms with Crippen molar-refractivity contribution in [1.82, 2.24) is 5.43 Å². The first-order chi connectivity index (χ1) is 21.1. The maximum absolute atomic E-state index is 10.6. The fourth-order valence-corrected chi connectivity index (χ4v) is 10.9. The van der Waals surface area contributed by atoms with E-state index in [9.17, 15) is 5.26 Å². The summed E-state index contributed by atoms with van der Waals surface area (Å²) in [5.41, 5.74) is 2.71. The van der Waals surface area contributed by atoms with Crippen LogP contribution in [0.2, 0.25) is 0 Å². The van der Waals surface area contributed by atoms with E-state index in [0.717, 1.165) is 50.7 Å². The van der Waals surface area contributed by atoms with E-state index >= 15 is 0 Å². The summed E-state index contributed by atoms with van der Waals surface area (Å²) in [4.78, 5) is 18.0. The van der Waals surface area contributed by atoms with Crippen LogP contribution in [0, 0.1) is 47.3 Å². The minimum Gasteiger partial charge on any atom is -0.347 e. The lowest BCUT2D eigenvalue weighted by atomic mass is 9.56.